The second-order valence-corrected chi connectivity index (χ2v) is 6.80. The van der Waals surface area contributed by atoms with Gasteiger partial charge in [0.2, 0.25) is 5.69 Å². The van der Waals surface area contributed by atoms with Crippen molar-refractivity contribution in [1.29, 1.82) is 0 Å². The number of H-pyrrole nitrogens is 1. The van der Waals surface area contributed by atoms with Crippen LogP contribution in [0.1, 0.15) is 56.9 Å². The van der Waals surface area contributed by atoms with Crippen LogP contribution in [-0.2, 0) is 9.47 Å². The zero-order valence-electron chi connectivity index (χ0n) is 15.5. The minimum absolute atomic E-state index is 0.0140. The number of nitro groups is 1. The van der Waals surface area contributed by atoms with Gasteiger partial charge in [-0.15, -0.1) is 11.3 Å². The van der Waals surface area contributed by atoms with Crippen molar-refractivity contribution in [2.75, 3.05) is 11.9 Å². The quantitative estimate of drug-likeness (QED) is 0.401. The van der Waals surface area contributed by atoms with Crippen LogP contribution in [-0.4, -0.2) is 45.7 Å². The molecular formula is C16H18N4O7S. The molecule has 2 aromatic rings. The number of carbonyl (C=O) groups excluding carboxylic acids is 3. The summed E-state index contributed by atoms with van der Waals surface area (Å²) in [5.74, 6) is -2.29. The van der Waals surface area contributed by atoms with Gasteiger partial charge >= 0.3 is 17.6 Å². The maximum atomic E-state index is 12.5. The highest BCUT2D eigenvalue weighted by Gasteiger charge is 2.30. The third-order valence-corrected chi connectivity index (χ3v) is 4.61. The van der Waals surface area contributed by atoms with Crippen LogP contribution < -0.4 is 5.32 Å². The van der Waals surface area contributed by atoms with Gasteiger partial charge in [0.15, 0.2) is 0 Å². The fourth-order valence-electron chi connectivity index (χ4n) is 2.26. The van der Waals surface area contributed by atoms with Crippen LogP contribution in [0.2, 0.25) is 0 Å². The molecule has 2 aromatic heterocycles. The van der Waals surface area contributed by atoms with E-state index in [2.05, 4.69) is 15.5 Å². The molecule has 0 radical (unpaired) electrons. The van der Waals surface area contributed by atoms with Gasteiger partial charge in [-0.25, -0.2) is 9.59 Å². The molecule has 2 N–H and O–H groups in total. The summed E-state index contributed by atoms with van der Waals surface area (Å²) in [5.41, 5.74) is -0.652. The minimum atomic E-state index is -0.889. The molecule has 2 rings (SSSR count). The van der Waals surface area contributed by atoms with Gasteiger partial charge in [-0.1, -0.05) is 0 Å². The molecule has 150 valence electrons. The highest BCUT2D eigenvalue weighted by Crippen LogP contribution is 2.35. The lowest BCUT2D eigenvalue weighted by molar-refractivity contribution is -0.385. The first kappa shape index (κ1) is 21.0. The van der Waals surface area contributed by atoms with Gasteiger partial charge in [-0.05, 0) is 33.3 Å². The molecule has 0 aliphatic rings. The molecule has 1 amide bonds. The van der Waals surface area contributed by atoms with E-state index in [1.807, 2.05) is 0 Å². The fraction of sp³-hybridized carbons (Fsp3) is 0.375. The van der Waals surface area contributed by atoms with E-state index in [4.69, 9.17) is 9.47 Å². The van der Waals surface area contributed by atoms with Crippen molar-refractivity contribution in [2.24, 2.45) is 0 Å². The van der Waals surface area contributed by atoms with Crippen molar-refractivity contribution in [3.63, 3.8) is 0 Å². The largest absolute Gasteiger partial charge is 0.462 e. The number of anilines is 1. The first-order valence-corrected chi connectivity index (χ1v) is 8.99. The van der Waals surface area contributed by atoms with Crippen LogP contribution in [0.3, 0.4) is 0 Å². The van der Waals surface area contributed by atoms with Crippen molar-refractivity contribution in [3.05, 3.63) is 38.0 Å². The molecule has 28 heavy (non-hydrogen) atoms. The van der Waals surface area contributed by atoms with Crippen molar-refractivity contribution in [1.82, 2.24) is 10.2 Å². The molecule has 0 saturated heterocycles. The lowest BCUT2D eigenvalue weighted by Crippen LogP contribution is -2.18. The third kappa shape index (κ3) is 4.34. The molecule has 0 spiro atoms. The molecule has 0 bridgehead atoms. The molecule has 0 unspecified atom stereocenters. The lowest BCUT2D eigenvalue weighted by atomic mass is 10.1. The van der Waals surface area contributed by atoms with Crippen molar-refractivity contribution >= 4 is 39.9 Å². The minimum Gasteiger partial charge on any atom is -0.462 e. The molecule has 0 fully saturated rings. The predicted molar refractivity (Wildman–Crippen MR) is 98.8 cm³/mol. The normalized spacial score (nSPS) is 10.6. The summed E-state index contributed by atoms with van der Waals surface area (Å²) in [5, 5.41) is 19.2. The lowest BCUT2D eigenvalue weighted by Gasteiger charge is -2.10. The van der Waals surface area contributed by atoms with Gasteiger partial charge < -0.3 is 14.8 Å². The molecular weight excluding hydrogens is 392 g/mol. The summed E-state index contributed by atoms with van der Waals surface area (Å²) in [6.07, 6.45) is 0.460. The topological polar surface area (TPSA) is 154 Å². The highest BCUT2D eigenvalue weighted by atomic mass is 32.1. The molecule has 11 nitrogen and oxygen atoms in total. The number of carbonyl (C=O) groups is 3. The van der Waals surface area contributed by atoms with Gasteiger partial charge in [0.1, 0.15) is 16.1 Å². The summed E-state index contributed by atoms with van der Waals surface area (Å²) in [6.45, 7) is 6.59. The predicted octanol–water partition coefficient (Wildman–Crippen LogP) is 2.68. The Morgan fingerprint density at radius 1 is 1.36 bits per heavy atom. The van der Waals surface area contributed by atoms with E-state index in [9.17, 15) is 24.5 Å². The molecule has 0 saturated carbocycles. The summed E-state index contributed by atoms with van der Waals surface area (Å²) in [4.78, 5) is 47.4. The maximum absolute atomic E-state index is 12.5. The summed E-state index contributed by atoms with van der Waals surface area (Å²) >= 11 is 0.818. The second-order valence-electron chi connectivity index (χ2n) is 5.78. The Morgan fingerprint density at radius 3 is 2.61 bits per heavy atom. The number of nitrogens with one attached hydrogen (secondary N) is 2. The van der Waals surface area contributed by atoms with Gasteiger partial charge in [0.05, 0.1) is 23.2 Å². The van der Waals surface area contributed by atoms with E-state index in [1.165, 1.54) is 6.92 Å². The second kappa shape index (κ2) is 8.61. The molecule has 0 aliphatic carbocycles. The van der Waals surface area contributed by atoms with E-state index in [-0.39, 0.29) is 27.6 Å². The number of hydrogen-bond acceptors (Lipinski definition) is 9. The highest BCUT2D eigenvalue weighted by molar-refractivity contribution is 7.18. The zero-order valence-corrected chi connectivity index (χ0v) is 16.3. The Hall–Kier alpha value is -3.28. The number of ether oxygens (including phenoxy) is 2. The van der Waals surface area contributed by atoms with Crippen molar-refractivity contribution in [3.8, 4) is 0 Å². The SMILES string of the molecule is CCOC(=O)c1sc(NC(=O)c2[nH]ncc2[N+](=O)[O-])c(C(=O)OC(C)C)c1C. The number of thiophene rings is 1. The molecule has 12 heteroatoms. The Kier molecular flexibility index (Phi) is 6.46. The molecule has 0 aromatic carbocycles. The Balaban J connectivity index is 2.46. The first-order valence-electron chi connectivity index (χ1n) is 8.17. The van der Waals surface area contributed by atoms with Crippen LogP contribution >= 0.6 is 11.3 Å². The molecule has 0 aliphatic heterocycles. The van der Waals surface area contributed by atoms with Gasteiger partial charge in [0.25, 0.3) is 5.91 Å². The van der Waals surface area contributed by atoms with Crippen LogP contribution in [0.25, 0.3) is 0 Å². The van der Waals surface area contributed by atoms with Crippen molar-refractivity contribution < 1.29 is 28.8 Å². The van der Waals surface area contributed by atoms with Crippen LogP contribution in [0.4, 0.5) is 10.7 Å². The average molecular weight is 410 g/mol. The first-order chi connectivity index (χ1) is 13.2. The Bertz CT molecular complexity index is 932. The average Bonchev–Trinajstić information content (AvgIpc) is 3.19. The van der Waals surface area contributed by atoms with Crippen LogP contribution in [0.5, 0.6) is 0 Å². The Labute approximate surface area is 163 Å². The number of rotatable bonds is 7. The van der Waals surface area contributed by atoms with E-state index >= 15 is 0 Å². The van der Waals surface area contributed by atoms with E-state index in [1.54, 1.807) is 20.8 Å². The van der Waals surface area contributed by atoms with E-state index in [0.717, 1.165) is 17.5 Å². The number of esters is 2. The van der Waals surface area contributed by atoms with E-state index < -0.39 is 40.3 Å². The van der Waals surface area contributed by atoms with Crippen LogP contribution in [0, 0.1) is 17.0 Å². The smallest absolute Gasteiger partial charge is 0.348 e. The maximum Gasteiger partial charge on any atom is 0.348 e. The molecule has 0 atom stereocenters. The summed E-state index contributed by atoms with van der Waals surface area (Å²) in [6, 6.07) is 0. The third-order valence-electron chi connectivity index (χ3n) is 3.42. The summed E-state index contributed by atoms with van der Waals surface area (Å²) in [7, 11) is 0. The van der Waals surface area contributed by atoms with Gasteiger partial charge in [0, 0.05) is 0 Å². The summed E-state index contributed by atoms with van der Waals surface area (Å²) < 4.78 is 10.1. The molecule has 2 heterocycles. The number of amides is 1. The van der Waals surface area contributed by atoms with Crippen molar-refractivity contribution in [2.45, 2.75) is 33.8 Å². The number of hydrogen-bond donors (Lipinski definition) is 2. The number of aromatic nitrogens is 2. The van der Waals surface area contributed by atoms with Gasteiger partial charge in [-0.2, -0.15) is 5.10 Å². The number of nitrogens with zero attached hydrogens (tertiary/aromatic N) is 2. The monoisotopic (exact) mass is 410 g/mol. The van der Waals surface area contributed by atoms with Gasteiger partial charge in [-0.3, -0.25) is 20.0 Å². The van der Waals surface area contributed by atoms with E-state index in [0.29, 0.717) is 0 Å². The number of aromatic amines is 1. The van der Waals surface area contributed by atoms with Crippen LogP contribution in [0.15, 0.2) is 6.20 Å². The zero-order chi connectivity index (χ0) is 21.0. The Morgan fingerprint density at radius 2 is 2.04 bits per heavy atom. The standard InChI is InChI=1S/C16H18N4O7S/c1-5-26-16(23)12-8(4)10(15(22)27-7(2)3)14(28-12)18-13(21)11-9(20(24)25)6-17-19-11/h6-7H,5H2,1-4H3,(H,17,19)(H,18,21). The fourth-order valence-corrected chi connectivity index (χ4v) is 3.35.